The van der Waals surface area contributed by atoms with Crippen LogP contribution < -0.4 is 5.73 Å². The molecular formula is C16H20ClN3. The zero-order chi connectivity index (χ0) is 14.1. The highest BCUT2D eigenvalue weighted by molar-refractivity contribution is 6.30. The number of imidazole rings is 1. The van der Waals surface area contributed by atoms with E-state index in [2.05, 4.69) is 15.6 Å². The number of halogens is 1. The van der Waals surface area contributed by atoms with Crippen LogP contribution in [0.3, 0.4) is 0 Å². The molecule has 106 valence electrons. The fourth-order valence-electron chi connectivity index (χ4n) is 2.98. The number of hydrogen-bond acceptors (Lipinski definition) is 2. The molecule has 0 spiro atoms. The van der Waals surface area contributed by atoms with Crippen LogP contribution in [0.1, 0.15) is 36.7 Å². The predicted octanol–water partition coefficient (Wildman–Crippen LogP) is 3.29. The molecule has 3 rings (SSSR count). The smallest absolute Gasteiger partial charge is 0.0997 e. The monoisotopic (exact) mass is 289 g/mol. The van der Waals surface area contributed by atoms with Crippen LogP contribution in [0.4, 0.5) is 0 Å². The summed E-state index contributed by atoms with van der Waals surface area (Å²) in [7, 11) is 0. The summed E-state index contributed by atoms with van der Waals surface area (Å²) < 4.78 is 2.22. The van der Waals surface area contributed by atoms with Crippen LogP contribution in [0.5, 0.6) is 0 Å². The van der Waals surface area contributed by atoms with Gasteiger partial charge in [-0.1, -0.05) is 11.6 Å². The van der Waals surface area contributed by atoms with E-state index >= 15 is 0 Å². The summed E-state index contributed by atoms with van der Waals surface area (Å²) in [5.41, 5.74) is 10.9. The fraction of sp³-hybridized carbons (Fsp3) is 0.438. The molecule has 0 saturated carbocycles. The molecule has 2 N–H and O–H groups in total. The van der Waals surface area contributed by atoms with E-state index in [0.29, 0.717) is 0 Å². The van der Waals surface area contributed by atoms with Gasteiger partial charge in [0.15, 0.2) is 0 Å². The Bertz CT molecular complexity index is 616. The van der Waals surface area contributed by atoms with E-state index < -0.39 is 0 Å². The highest BCUT2D eigenvalue weighted by Crippen LogP contribution is 2.27. The quantitative estimate of drug-likeness (QED) is 0.942. The summed E-state index contributed by atoms with van der Waals surface area (Å²) in [5, 5.41) is 0.762. The summed E-state index contributed by atoms with van der Waals surface area (Å²) in [6.45, 7) is 2.02. The van der Waals surface area contributed by atoms with Crippen LogP contribution in [-0.2, 0) is 19.3 Å². The number of benzene rings is 1. The van der Waals surface area contributed by atoms with Crippen LogP contribution in [0, 0.1) is 0 Å². The molecule has 3 nitrogen and oxygen atoms in total. The minimum absolute atomic E-state index is 0.117. The van der Waals surface area contributed by atoms with Gasteiger partial charge in [-0.3, -0.25) is 0 Å². The van der Waals surface area contributed by atoms with Gasteiger partial charge in [0.25, 0.3) is 0 Å². The largest absolute Gasteiger partial charge is 0.328 e. The lowest BCUT2D eigenvalue weighted by molar-refractivity contribution is 0.654. The van der Waals surface area contributed by atoms with Gasteiger partial charge < -0.3 is 10.3 Å². The van der Waals surface area contributed by atoms with E-state index in [9.17, 15) is 0 Å². The van der Waals surface area contributed by atoms with Crippen LogP contribution >= 0.6 is 11.6 Å². The van der Waals surface area contributed by atoms with Gasteiger partial charge in [-0.2, -0.15) is 0 Å². The van der Waals surface area contributed by atoms with Gasteiger partial charge in [0, 0.05) is 16.8 Å². The van der Waals surface area contributed by atoms with Gasteiger partial charge in [-0.05, 0) is 62.8 Å². The van der Waals surface area contributed by atoms with Crippen LogP contribution in [0.25, 0.3) is 5.69 Å². The molecule has 20 heavy (non-hydrogen) atoms. The summed E-state index contributed by atoms with van der Waals surface area (Å²) in [6.07, 6.45) is 7.47. The average molecular weight is 290 g/mol. The maximum Gasteiger partial charge on any atom is 0.0997 e. The Kier molecular flexibility index (Phi) is 3.81. The van der Waals surface area contributed by atoms with Crippen LogP contribution in [-0.4, -0.2) is 15.6 Å². The highest BCUT2D eigenvalue weighted by Gasteiger charge is 2.18. The molecule has 4 heteroatoms. The van der Waals surface area contributed by atoms with Crippen LogP contribution in [0.15, 0.2) is 24.5 Å². The zero-order valence-electron chi connectivity index (χ0n) is 11.8. The Morgan fingerprint density at radius 2 is 2.15 bits per heavy atom. The second kappa shape index (κ2) is 5.58. The van der Waals surface area contributed by atoms with Crippen molar-refractivity contribution in [2.45, 2.75) is 45.1 Å². The topological polar surface area (TPSA) is 43.8 Å². The lowest BCUT2D eigenvalue weighted by atomic mass is 10.00. The van der Waals surface area contributed by atoms with Gasteiger partial charge in [-0.15, -0.1) is 0 Å². The van der Waals surface area contributed by atoms with E-state index in [0.717, 1.165) is 24.3 Å². The minimum Gasteiger partial charge on any atom is -0.328 e. The Balaban J connectivity index is 2.07. The SMILES string of the molecule is CC(N)Cc1cc(Cl)ccc1-n1cnc2c1CCCC2. The second-order valence-corrected chi connectivity index (χ2v) is 6.11. The second-order valence-electron chi connectivity index (χ2n) is 5.67. The van der Waals surface area contributed by atoms with E-state index in [1.54, 1.807) is 0 Å². The number of hydrogen-bond donors (Lipinski definition) is 1. The van der Waals surface area contributed by atoms with E-state index in [1.807, 2.05) is 25.4 Å². The van der Waals surface area contributed by atoms with Crippen molar-refractivity contribution in [1.82, 2.24) is 9.55 Å². The molecule has 1 aromatic heterocycles. The fourth-order valence-corrected chi connectivity index (χ4v) is 3.17. The molecule has 0 radical (unpaired) electrons. The molecule has 0 bridgehead atoms. The van der Waals surface area contributed by atoms with Crippen molar-refractivity contribution < 1.29 is 0 Å². The van der Waals surface area contributed by atoms with Crippen molar-refractivity contribution in [1.29, 1.82) is 0 Å². The Morgan fingerprint density at radius 3 is 2.95 bits per heavy atom. The highest BCUT2D eigenvalue weighted by atomic mass is 35.5. The first-order valence-corrected chi connectivity index (χ1v) is 7.62. The molecular weight excluding hydrogens is 270 g/mol. The molecule has 0 amide bonds. The summed E-state index contributed by atoms with van der Waals surface area (Å²) in [4.78, 5) is 4.57. The molecule has 1 aliphatic rings. The molecule has 1 unspecified atom stereocenters. The summed E-state index contributed by atoms with van der Waals surface area (Å²) in [5.74, 6) is 0. The van der Waals surface area contributed by atoms with Crippen LogP contribution in [0.2, 0.25) is 5.02 Å². The molecule has 2 aromatic rings. The third-order valence-corrected chi connectivity index (χ3v) is 4.11. The first kappa shape index (κ1) is 13.7. The van der Waals surface area contributed by atoms with E-state index in [4.69, 9.17) is 17.3 Å². The molecule has 1 heterocycles. The van der Waals surface area contributed by atoms with Crippen molar-refractivity contribution >= 4 is 11.6 Å². The van der Waals surface area contributed by atoms with Gasteiger partial charge >= 0.3 is 0 Å². The molecule has 0 aliphatic heterocycles. The van der Waals surface area contributed by atoms with Gasteiger partial charge in [0.1, 0.15) is 0 Å². The lowest BCUT2D eigenvalue weighted by Gasteiger charge is -2.18. The van der Waals surface area contributed by atoms with Gasteiger partial charge in [-0.25, -0.2) is 4.98 Å². The predicted molar refractivity (Wildman–Crippen MR) is 82.6 cm³/mol. The van der Waals surface area contributed by atoms with Crippen molar-refractivity contribution in [2.75, 3.05) is 0 Å². The number of fused-ring (bicyclic) bond motifs is 1. The number of nitrogens with two attached hydrogens (primary N) is 1. The molecule has 0 saturated heterocycles. The average Bonchev–Trinajstić information content (AvgIpc) is 2.82. The number of aryl methyl sites for hydroxylation is 1. The lowest BCUT2D eigenvalue weighted by Crippen LogP contribution is -2.19. The minimum atomic E-state index is 0.117. The number of nitrogens with zero attached hydrogens (tertiary/aromatic N) is 2. The molecule has 0 fully saturated rings. The molecule has 1 aromatic carbocycles. The van der Waals surface area contributed by atoms with Crippen molar-refractivity contribution in [3.8, 4) is 5.69 Å². The Morgan fingerprint density at radius 1 is 1.35 bits per heavy atom. The van der Waals surface area contributed by atoms with Gasteiger partial charge in [0.05, 0.1) is 17.7 Å². The third kappa shape index (κ3) is 2.60. The normalized spacial score (nSPS) is 15.9. The van der Waals surface area contributed by atoms with Crippen molar-refractivity contribution in [3.05, 3.63) is 46.5 Å². The Labute approximate surface area is 124 Å². The maximum atomic E-state index is 6.14. The van der Waals surface area contributed by atoms with E-state index in [-0.39, 0.29) is 6.04 Å². The maximum absolute atomic E-state index is 6.14. The molecule has 1 aliphatic carbocycles. The first-order valence-electron chi connectivity index (χ1n) is 7.24. The van der Waals surface area contributed by atoms with Crippen molar-refractivity contribution in [3.63, 3.8) is 0 Å². The third-order valence-electron chi connectivity index (χ3n) is 3.87. The summed E-state index contributed by atoms with van der Waals surface area (Å²) in [6, 6.07) is 6.16. The summed E-state index contributed by atoms with van der Waals surface area (Å²) >= 11 is 6.14. The van der Waals surface area contributed by atoms with E-state index in [1.165, 1.54) is 35.5 Å². The number of rotatable bonds is 3. The first-order chi connectivity index (χ1) is 9.65. The number of aromatic nitrogens is 2. The Hall–Kier alpha value is -1.32. The van der Waals surface area contributed by atoms with Gasteiger partial charge in [0.2, 0.25) is 0 Å². The standard InChI is InChI=1S/C16H20ClN3/c1-11(18)8-12-9-13(17)6-7-15(12)20-10-19-14-4-2-3-5-16(14)20/h6-7,9-11H,2-5,8,18H2,1H3. The molecule has 1 atom stereocenters. The zero-order valence-corrected chi connectivity index (χ0v) is 12.5. The van der Waals surface area contributed by atoms with Crippen molar-refractivity contribution in [2.24, 2.45) is 5.73 Å².